The van der Waals surface area contributed by atoms with Crippen LogP contribution in [-0.4, -0.2) is 51.4 Å². The number of alkyl carbamates (subject to hydrolysis) is 1. The molecule has 0 aliphatic heterocycles. The van der Waals surface area contributed by atoms with Crippen LogP contribution in [0.5, 0.6) is 0 Å². The van der Waals surface area contributed by atoms with Gasteiger partial charge in [-0.25, -0.2) is 19.4 Å². The highest BCUT2D eigenvalue weighted by atomic mass is 16.5. The number of aryl methyl sites for hydroxylation is 1. The molecule has 24 heavy (non-hydrogen) atoms. The third kappa shape index (κ3) is 14.1. The number of carboxylic acid groups (broad SMARTS) is 2. The second-order valence-electron chi connectivity index (χ2n) is 4.61. The van der Waals surface area contributed by atoms with Crippen molar-refractivity contribution in [2.24, 2.45) is 0 Å². The van der Waals surface area contributed by atoms with Gasteiger partial charge in [-0.3, -0.25) is 0 Å². The SMILES string of the molecule is CCCCNC(=O)OCCCc1cnc[nH]1.O=C(O)/C=C/C(=O)O. The Bertz CT molecular complexity index is 497. The normalized spacial score (nSPS) is 9.88. The van der Waals surface area contributed by atoms with Gasteiger partial charge in [0.1, 0.15) is 0 Å². The van der Waals surface area contributed by atoms with E-state index in [9.17, 15) is 14.4 Å². The summed E-state index contributed by atoms with van der Waals surface area (Å²) < 4.78 is 5.00. The van der Waals surface area contributed by atoms with E-state index in [2.05, 4.69) is 22.2 Å². The van der Waals surface area contributed by atoms with E-state index in [0.29, 0.717) is 25.3 Å². The predicted octanol–water partition coefficient (Wildman–Crippen LogP) is 1.58. The molecule has 134 valence electrons. The highest BCUT2D eigenvalue weighted by molar-refractivity contribution is 5.89. The lowest BCUT2D eigenvalue weighted by Crippen LogP contribution is -2.25. The Labute approximate surface area is 139 Å². The number of rotatable bonds is 9. The van der Waals surface area contributed by atoms with Crippen LogP contribution in [0.2, 0.25) is 0 Å². The Morgan fingerprint density at radius 2 is 1.92 bits per heavy atom. The number of aromatic amines is 1. The summed E-state index contributed by atoms with van der Waals surface area (Å²) >= 11 is 0. The number of ether oxygens (including phenoxy) is 1. The molecule has 1 rings (SSSR count). The molecule has 1 aromatic heterocycles. The van der Waals surface area contributed by atoms with Crippen LogP contribution in [0, 0.1) is 0 Å². The van der Waals surface area contributed by atoms with Gasteiger partial charge in [-0.1, -0.05) is 13.3 Å². The van der Waals surface area contributed by atoms with E-state index < -0.39 is 11.9 Å². The van der Waals surface area contributed by atoms with E-state index >= 15 is 0 Å². The average Bonchev–Trinajstić information content (AvgIpc) is 3.04. The maximum Gasteiger partial charge on any atom is 0.407 e. The zero-order chi connectivity index (χ0) is 18.2. The predicted molar refractivity (Wildman–Crippen MR) is 85.6 cm³/mol. The number of carbonyl (C=O) groups is 3. The van der Waals surface area contributed by atoms with Crippen molar-refractivity contribution in [2.75, 3.05) is 13.2 Å². The molecular weight excluding hydrogens is 318 g/mol. The molecule has 0 saturated carbocycles. The van der Waals surface area contributed by atoms with E-state index in [1.54, 1.807) is 12.5 Å². The number of imidazole rings is 1. The summed E-state index contributed by atoms with van der Waals surface area (Å²) in [5, 5.41) is 18.3. The molecule has 0 radical (unpaired) electrons. The average molecular weight is 341 g/mol. The molecule has 0 atom stereocenters. The van der Waals surface area contributed by atoms with Crippen molar-refractivity contribution >= 4 is 18.0 Å². The first-order valence-corrected chi connectivity index (χ1v) is 7.47. The molecule has 1 amide bonds. The van der Waals surface area contributed by atoms with Crippen LogP contribution in [0.3, 0.4) is 0 Å². The molecule has 0 spiro atoms. The Morgan fingerprint density at radius 1 is 1.25 bits per heavy atom. The summed E-state index contributed by atoms with van der Waals surface area (Å²) in [6, 6.07) is 0. The van der Waals surface area contributed by atoms with Crippen LogP contribution < -0.4 is 5.32 Å². The number of H-pyrrole nitrogens is 1. The highest BCUT2D eigenvalue weighted by Gasteiger charge is 2.00. The van der Waals surface area contributed by atoms with Crippen LogP contribution in [0.25, 0.3) is 0 Å². The van der Waals surface area contributed by atoms with Gasteiger partial charge in [-0.2, -0.15) is 0 Å². The molecule has 1 heterocycles. The van der Waals surface area contributed by atoms with Crippen LogP contribution in [0.1, 0.15) is 31.9 Å². The number of carbonyl (C=O) groups excluding carboxylic acids is 1. The van der Waals surface area contributed by atoms with E-state index in [-0.39, 0.29) is 6.09 Å². The number of nitrogens with zero attached hydrogens (tertiary/aromatic N) is 1. The molecular formula is C15H23N3O6. The van der Waals surface area contributed by atoms with E-state index in [0.717, 1.165) is 31.4 Å². The molecule has 9 heteroatoms. The van der Waals surface area contributed by atoms with Crippen LogP contribution in [0.4, 0.5) is 4.79 Å². The quantitative estimate of drug-likeness (QED) is 0.394. The van der Waals surface area contributed by atoms with Crippen molar-refractivity contribution in [3.63, 3.8) is 0 Å². The lowest BCUT2D eigenvalue weighted by Gasteiger charge is -2.05. The Hall–Kier alpha value is -2.84. The summed E-state index contributed by atoms with van der Waals surface area (Å²) in [6.07, 6.45) is 7.94. The lowest BCUT2D eigenvalue weighted by molar-refractivity contribution is -0.134. The van der Waals surface area contributed by atoms with Gasteiger partial charge < -0.3 is 25.3 Å². The summed E-state index contributed by atoms with van der Waals surface area (Å²) in [5.41, 5.74) is 1.06. The number of aliphatic carboxylic acids is 2. The molecule has 0 aliphatic rings. The monoisotopic (exact) mass is 341 g/mol. The minimum Gasteiger partial charge on any atom is -0.478 e. The fourth-order valence-electron chi connectivity index (χ4n) is 1.41. The van der Waals surface area contributed by atoms with Crippen molar-refractivity contribution in [3.8, 4) is 0 Å². The Morgan fingerprint density at radius 3 is 2.42 bits per heavy atom. The smallest absolute Gasteiger partial charge is 0.407 e. The Balaban J connectivity index is 0.000000561. The maximum atomic E-state index is 11.1. The molecule has 0 bridgehead atoms. The second kappa shape index (κ2) is 13.8. The van der Waals surface area contributed by atoms with Crippen molar-refractivity contribution in [2.45, 2.75) is 32.6 Å². The van der Waals surface area contributed by atoms with Crippen LogP contribution in [0.15, 0.2) is 24.7 Å². The number of nitrogens with one attached hydrogen (secondary N) is 2. The van der Waals surface area contributed by atoms with E-state index in [1.807, 2.05) is 0 Å². The lowest BCUT2D eigenvalue weighted by atomic mass is 10.3. The molecule has 0 fully saturated rings. The fourth-order valence-corrected chi connectivity index (χ4v) is 1.41. The Kier molecular flexibility index (Phi) is 12.2. The number of hydrogen-bond donors (Lipinski definition) is 4. The van der Waals surface area contributed by atoms with Crippen molar-refractivity contribution < 1.29 is 29.3 Å². The largest absolute Gasteiger partial charge is 0.478 e. The third-order valence-electron chi connectivity index (χ3n) is 2.55. The van der Waals surface area contributed by atoms with Gasteiger partial charge in [0.2, 0.25) is 0 Å². The summed E-state index contributed by atoms with van der Waals surface area (Å²) in [6.45, 7) is 3.21. The standard InChI is InChI=1S/C11H19N3O2.C4H4O4/c1-2-3-6-13-11(15)16-7-4-5-10-8-12-9-14-10;5-3(6)1-2-4(7)8/h8-9H,2-7H2,1H3,(H,12,14)(H,13,15);1-2H,(H,5,6)(H,7,8)/b;2-1+. The first kappa shape index (κ1) is 21.2. The van der Waals surface area contributed by atoms with Gasteiger partial charge in [-0.15, -0.1) is 0 Å². The summed E-state index contributed by atoms with van der Waals surface area (Å²) in [7, 11) is 0. The van der Waals surface area contributed by atoms with E-state index in [1.165, 1.54) is 0 Å². The minimum absolute atomic E-state index is 0.321. The molecule has 1 aromatic rings. The highest BCUT2D eigenvalue weighted by Crippen LogP contribution is 1.97. The number of aromatic nitrogens is 2. The third-order valence-corrected chi connectivity index (χ3v) is 2.55. The second-order valence-corrected chi connectivity index (χ2v) is 4.61. The molecule has 0 aromatic carbocycles. The number of hydrogen-bond acceptors (Lipinski definition) is 5. The minimum atomic E-state index is -1.26. The molecule has 9 nitrogen and oxygen atoms in total. The fraction of sp³-hybridized carbons (Fsp3) is 0.467. The zero-order valence-electron chi connectivity index (χ0n) is 13.5. The van der Waals surface area contributed by atoms with Crippen molar-refractivity contribution in [3.05, 3.63) is 30.4 Å². The molecule has 0 aliphatic carbocycles. The van der Waals surface area contributed by atoms with Gasteiger partial charge in [0.05, 0.1) is 12.9 Å². The van der Waals surface area contributed by atoms with Gasteiger partial charge in [0.15, 0.2) is 0 Å². The van der Waals surface area contributed by atoms with Gasteiger partial charge >= 0.3 is 18.0 Å². The number of unbranched alkanes of at least 4 members (excludes halogenated alkanes) is 1. The van der Waals surface area contributed by atoms with Gasteiger partial charge in [0.25, 0.3) is 0 Å². The van der Waals surface area contributed by atoms with Crippen molar-refractivity contribution in [1.82, 2.24) is 15.3 Å². The zero-order valence-corrected chi connectivity index (χ0v) is 13.5. The maximum absolute atomic E-state index is 11.1. The number of amides is 1. The first-order valence-electron chi connectivity index (χ1n) is 7.47. The molecule has 0 saturated heterocycles. The summed E-state index contributed by atoms with van der Waals surface area (Å²) in [4.78, 5) is 37.1. The van der Waals surface area contributed by atoms with Crippen LogP contribution >= 0.6 is 0 Å². The summed E-state index contributed by atoms with van der Waals surface area (Å²) in [5.74, 6) is -2.51. The first-order chi connectivity index (χ1) is 11.5. The van der Waals surface area contributed by atoms with E-state index in [4.69, 9.17) is 14.9 Å². The van der Waals surface area contributed by atoms with Gasteiger partial charge in [-0.05, 0) is 19.3 Å². The number of carboxylic acids is 2. The van der Waals surface area contributed by atoms with Crippen LogP contribution in [-0.2, 0) is 20.7 Å². The molecule has 0 unspecified atom stereocenters. The topological polar surface area (TPSA) is 142 Å². The van der Waals surface area contributed by atoms with Crippen molar-refractivity contribution in [1.29, 1.82) is 0 Å². The molecule has 4 N–H and O–H groups in total. The van der Waals surface area contributed by atoms with Gasteiger partial charge in [0, 0.05) is 30.6 Å².